The SMILES string of the molecule is CCCCCCn1c(C)c(CCC(=O)O)c(C)nc1=O. The lowest BCUT2D eigenvalue weighted by molar-refractivity contribution is -0.136. The molecule has 1 aromatic rings. The molecule has 0 aliphatic carbocycles. The maximum Gasteiger partial charge on any atom is 0.347 e. The molecule has 0 aliphatic rings. The summed E-state index contributed by atoms with van der Waals surface area (Å²) in [5.74, 6) is -0.829. The molecule has 0 aromatic carbocycles. The van der Waals surface area contributed by atoms with E-state index >= 15 is 0 Å². The minimum Gasteiger partial charge on any atom is -0.481 e. The van der Waals surface area contributed by atoms with Gasteiger partial charge in [-0.2, -0.15) is 4.98 Å². The quantitative estimate of drug-likeness (QED) is 0.742. The van der Waals surface area contributed by atoms with Gasteiger partial charge in [-0.25, -0.2) is 4.79 Å². The zero-order valence-electron chi connectivity index (χ0n) is 12.6. The number of hydrogen-bond donors (Lipinski definition) is 1. The highest BCUT2D eigenvalue weighted by molar-refractivity contribution is 5.67. The van der Waals surface area contributed by atoms with Crippen LogP contribution in [0.2, 0.25) is 0 Å². The van der Waals surface area contributed by atoms with Crippen LogP contribution in [0.5, 0.6) is 0 Å². The molecule has 0 saturated carbocycles. The Balaban J connectivity index is 2.91. The summed E-state index contributed by atoms with van der Waals surface area (Å²) >= 11 is 0. The van der Waals surface area contributed by atoms with Gasteiger partial charge in [-0.3, -0.25) is 9.36 Å². The molecule has 20 heavy (non-hydrogen) atoms. The van der Waals surface area contributed by atoms with Gasteiger partial charge in [0.05, 0.1) is 0 Å². The first-order chi connectivity index (χ1) is 9.47. The van der Waals surface area contributed by atoms with Crippen molar-refractivity contribution < 1.29 is 9.90 Å². The topological polar surface area (TPSA) is 72.2 Å². The highest BCUT2D eigenvalue weighted by Gasteiger charge is 2.12. The minimum atomic E-state index is -0.829. The Kier molecular flexibility index (Phi) is 6.42. The second kappa shape index (κ2) is 7.82. The first kappa shape index (κ1) is 16.4. The Morgan fingerprint density at radius 1 is 1.25 bits per heavy atom. The number of nitrogens with zero attached hydrogens (tertiary/aromatic N) is 2. The fourth-order valence-electron chi connectivity index (χ4n) is 2.39. The van der Waals surface area contributed by atoms with E-state index in [0.29, 0.717) is 18.7 Å². The van der Waals surface area contributed by atoms with Gasteiger partial charge in [-0.05, 0) is 32.3 Å². The van der Waals surface area contributed by atoms with E-state index in [1.165, 1.54) is 6.42 Å². The summed E-state index contributed by atoms with van der Waals surface area (Å²) in [5, 5.41) is 8.79. The summed E-state index contributed by atoms with van der Waals surface area (Å²) < 4.78 is 1.68. The number of carboxylic acids is 1. The van der Waals surface area contributed by atoms with Crippen molar-refractivity contribution in [1.82, 2.24) is 9.55 Å². The van der Waals surface area contributed by atoms with Gasteiger partial charge in [0, 0.05) is 24.4 Å². The lowest BCUT2D eigenvalue weighted by Crippen LogP contribution is -2.28. The van der Waals surface area contributed by atoms with E-state index in [4.69, 9.17) is 5.11 Å². The standard InChI is InChI=1S/C15H24N2O3/c1-4-5-6-7-10-17-12(3)13(8-9-14(18)19)11(2)16-15(17)20/h4-10H2,1-3H3,(H,18,19). The van der Waals surface area contributed by atoms with Crippen molar-refractivity contribution in [3.05, 3.63) is 27.4 Å². The maximum absolute atomic E-state index is 12.0. The molecule has 0 amide bonds. The Morgan fingerprint density at radius 3 is 2.55 bits per heavy atom. The van der Waals surface area contributed by atoms with Crippen molar-refractivity contribution in [1.29, 1.82) is 0 Å². The van der Waals surface area contributed by atoms with Crippen LogP contribution in [-0.4, -0.2) is 20.6 Å². The van der Waals surface area contributed by atoms with Gasteiger partial charge in [0.25, 0.3) is 0 Å². The molecule has 0 aliphatic heterocycles. The molecule has 0 atom stereocenters. The molecule has 112 valence electrons. The summed E-state index contributed by atoms with van der Waals surface area (Å²) in [5.41, 5.74) is 2.18. The highest BCUT2D eigenvalue weighted by atomic mass is 16.4. The molecule has 0 saturated heterocycles. The third kappa shape index (κ3) is 4.47. The first-order valence-electron chi connectivity index (χ1n) is 7.26. The number of carboxylic acid groups (broad SMARTS) is 1. The molecule has 0 bridgehead atoms. The molecule has 0 unspecified atom stereocenters. The van der Waals surface area contributed by atoms with Crippen LogP contribution >= 0.6 is 0 Å². The van der Waals surface area contributed by atoms with E-state index < -0.39 is 5.97 Å². The van der Waals surface area contributed by atoms with Gasteiger partial charge in [-0.1, -0.05) is 26.2 Å². The number of aromatic nitrogens is 2. The predicted octanol–water partition coefficient (Wildman–Crippen LogP) is 2.46. The number of unbranched alkanes of at least 4 members (excludes halogenated alkanes) is 3. The Morgan fingerprint density at radius 2 is 1.95 bits per heavy atom. The zero-order chi connectivity index (χ0) is 15.1. The molecular formula is C15H24N2O3. The Labute approximate surface area is 119 Å². The Hall–Kier alpha value is -1.65. The number of rotatable bonds is 8. The summed E-state index contributed by atoms with van der Waals surface area (Å²) in [6.07, 6.45) is 4.87. The molecule has 1 N–H and O–H groups in total. The lowest BCUT2D eigenvalue weighted by atomic mass is 10.1. The average molecular weight is 280 g/mol. The van der Waals surface area contributed by atoms with E-state index in [0.717, 1.165) is 30.5 Å². The predicted molar refractivity (Wildman–Crippen MR) is 78.1 cm³/mol. The molecular weight excluding hydrogens is 256 g/mol. The van der Waals surface area contributed by atoms with Gasteiger partial charge < -0.3 is 5.11 Å². The fourth-order valence-corrected chi connectivity index (χ4v) is 2.39. The first-order valence-corrected chi connectivity index (χ1v) is 7.26. The van der Waals surface area contributed by atoms with Crippen LogP contribution in [0, 0.1) is 13.8 Å². The molecule has 1 aromatic heterocycles. The van der Waals surface area contributed by atoms with E-state index in [1.807, 2.05) is 6.92 Å². The van der Waals surface area contributed by atoms with Crippen molar-refractivity contribution in [2.45, 2.75) is 65.8 Å². The Bertz CT molecular complexity index is 521. The second-order valence-electron chi connectivity index (χ2n) is 5.15. The third-order valence-electron chi connectivity index (χ3n) is 3.60. The lowest BCUT2D eigenvalue weighted by Gasteiger charge is -2.15. The number of aryl methyl sites for hydroxylation is 1. The van der Waals surface area contributed by atoms with Crippen LogP contribution in [-0.2, 0) is 17.8 Å². The zero-order valence-corrected chi connectivity index (χ0v) is 12.6. The van der Waals surface area contributed by atoms with Crippen molar-refractivity contribution >= 4 is 5.97 Å². The summed E-state index contributed by atoms with van der Waals surface area (Å²) in [6, 6.07) is 0. The van der Waals surface area contributed by atoms with E-state index in [1.54, 1.807) is 11.5 Å². The van der Waals surface area contributed by atoms with E-state index in [2.05, 4.69) is 11.9 Å². The molecule has 1 heterocycles. The molecule has 0 fully saturated rings. The molecule has 5 heteroatoms. The molecule has 0 radical (unpaired) electrons. The van der Waals surface area contributed by atoms with Crippen molar-refractivity contribution in [3.8, 4) is 0 Å². The molecule has 0 spiro atoms. The number of carbonyl (C=O) groups is 1. The van der Waals surface area contributed by atoms with Gasteiger partial charge in [0.2, 0.25) is 0 Å². The van der Waals surface area contributed by atoms with Crippen LogP contribution in [0.1, 0.15) is 56.0 Å². The minimum absolute atomic E-state index is 0.0669. The molecule has 1 rings (SSSR count). The highest BCUT2D eigenvalue weighted by Crippen LogP contribution is 2.13. The maximum atomic E-state index is 12.0. The normalized spacial score (nSPS) is 10.8. The third-order valence-corrected chi connectivity index (χ3v) is 3.60. The van der Waals surface area contributed by atoms with Gasteiger partial charge in [0.15, 0.2) is 0 Å². The van der Waals surface area contributed by atoms with Crippen molar-refractivity contribution in [2.75, 3.05) is 0 Å². The largest absolute Gasteiger partial charge is 0.481 e. The molecule has 5 nitrogen and oxygen atoms in total. The van der Waals surface area contributed by atoms with E-state index in [-0.39, 0.29) is 12.1 Å². The van der Waals surface area contributed by atoms with Gasteiger partial charge in [0.1, 0.15) is 0 Å². The van der Waals surface area contributed by atoms with Crippen LogP contribution in [0.25, 0.3) is 0 Å². The van der Waals surface area contributed by atoms with Gasteiger partial charge in [-0.15, -0.1) is 0 Å². The number of hydrogen-bond acceptors (Lipinski definition) is 3. The van der Waals surface area contributed by atoms with Crippen molar-refractivity contribution in [3.63, 3.8) is 0 Å². The summed E-state index contributed by atoms with van der Waals surface area (Å²) in [4.78, 5) is 26.7. The second-order valence-corrected chi connectivity index (χ2v) is 5.15. The average Bonchev–Trinajstić information content (AvgIpc) is 2.36. The summed E-state index contributed by atoms with van der Waals surface area (Å²) in [6.45, 7) is 6.47. The van der Waals surface area contributed by atoms with Crippen LogP contribution < -0.4 is 5.69 Å². The van der Waals surface area contributed by atoms with Gasteiger partial charge >= 0.3 is 11.7 Å². The number of aliphatic carboxylic acids is 1. The van der Waals surface area contributed by atoms with Crippen molar-refractivity contribution in [2.24, 2.45) is 0 Å². The van der Waals surface area contributed by atoms with Crippen LogP contribution in [0.15, 0.2) is 4.79 Å². The van der Waals surface area contributed by atoms with Crippen LogP contribution in [0.4, 0.5) is 0 Å². The smallest absolute Gasteiger partial charge is 0.347 e. The summed E-state index contributed by atoms with van der Waals surface area (Å²) in [7, 11) is 0. The van der Waals surface area contributed by atoms with E-state index in [9.17, 15) is 9.59 Å². The fraction of sp³-hybridized carbons (Fsp3) is 0.667. The van der Waals surface area contributed by atoms with Crippen LogP contribution in [0.3, 0.4) is 0 Å². The monoisotopic (exact) mass is 280 g/mol.